The quantitative estimate of drug-likeness (QED) is 0.872. The molecule has 1 aliphatic heterocycles. The first-order valence-corrected chi connectivity index (χ1v) is 9.08. The Morgan fingerprint density at radius 3 is 2.30 bits per heavy atom. The van der Waals surface area contributed by atoms with Crippen LogP contribution in [-0.2, 0) is 10.0 Å². The Morgan fingerprint density at radius 1 is 1.00 bits per heavy atom. The van der Waals surface area contributed by atoms with Crippen molar-refractivity contribution in [2.24, 2.45) is 0 Å². The predicted molar refractivity (Wildman–Crippen MR) is 81.5 cm³/mol. The van der Waals surface area contributed by atoms with Gasteiger partial charge in [0.2, 0.25) is 0 Å². The van der Waals surface area contributed by atoms with E-state index in [-0.39, 0.29) is 0 Å². The monoisotopic (exact) mass is 307 g/mol. The zero-order valence-electron chi connectivity index (χ0n) is 11.1. The maximum absolute atomic E-state index is 12.4. The summed E-state index contributed by atoms with van der Waals surface area (Å²) in [6, 6.07) is 13.8. The van der Waals surface area contributed by atoms with Crippen molar-refractivity contribution in [3.63, 3.8) is 0 Å². The van der Waals surface area contributed by atoms with Gasteiger partial charge in [-0.1, -0.05) is 36.4 Å². The third-order valence-corrected chi connectivity index (χ3v) is 7.09. The molecule has 0 bridgehead atoms. The van der Waals surface area contributed by atoms with Crippen molar-refractivity contribution in [2.45, 2.75) is 23.0 Å². The van der Waals surface area contributed by atoms with E-state index >= 15 is 0 Å². The first kappa shape index (κ1) is 13.8. The average molecular weight is 307 g/mol. The van der Waals surface area contributed by atoms with E-state index in [1.165, 1.54) is 16.9 Å². The second-order valence-corrected chi connectivity index (χ2v) is 8.13. The van der Waals surface area contributed by atoms with E-state index in [0.717, 1.165) is 12.8 Å². The largest absolute Gasteiger partial charge is 0.252 e. The number of sulfonamides is 1. The maximum Gasteiger partial charge on any atom is 0.252 e. The Labute approximate surface area is 123 Å². The first-order valence-electron chi connectivity index (χ1n) is 6.76. The molecule has 0 atom stereocenters. The second kappa shape index (κ2) is 5.68. The number of hydrogen-bond acceptors (Lipinski definition) is 3. The van der Waals surface area contributed by atoms with Gasteiger partial charge in [0.15, 0.2) is 0 Å². The van der Waals surface area contributed by atoms with Crippen molar-refractivity contribution >= 4 is 21.4 Å². The highest BCUT2D eigenvalue weighted by Gasteiger charge is 2.30. The van der Waals surface area contributed by atoms with Crippen LogP contribution in [0.5, 0.6) is 0 Å². The summed E-state index contributed by atoms with van der Waals surface area (Å²) >= 11 is 1.29. The summed E-state index contributed by atoms with van der Waals surface area (Å²) in [6.07, 6.45) is 1.79. The Hall–Kier alpha value is -1.17. The fourth-order valence-corrected chi connectivity index (χ4v) is 5.31. The molecule has 0 saturated carbocycles. The minimum atomic E-state index is -3.27. The summed E-state index contributed by atoms with van der Waals surface area (Å²) in [7, 11) is -3.27. The van der Waals surface area contributed by atoms with Gasteiger partial charge >= 0.3 is 0 Å². The van der Waals surface area contributed by atoms with Crippen molar-refractivity contribution in [3.05, 3.63) is 53.4 Å². The van der Waals surface area contributed by atoms with E-state index in [1.54, 1.807) is 16.4 Å². The molecule has 0 amide bonds. The number of nitrogens with zero attached hydrogens (tertiary/aromatic N) is 1. The minimum absolute atomic E-state index is 0.454. The lowest BCUT2D eigenvalue weighted by Crippen LogP contribution is -2.37. The molecule has 0 unspecified atom stereocenters. The summed E-state index contributed by atoms with van der Waals surface area (Å²) in [5, 5.41) is 1.81. The third-order valence-electron chi connectivity index (χ3n) is 3.81. The maximum atomic E-state index is 12.4. The molecule has 3 rings (SSSR count). The average Bonchev–Trinajstić information content (AvgIpc) is 3.03. The molecular weight excluding hydrogens is 290 g/mol. The smallest absolute Gasteiger partial charge is 0.206 e. The molecule has 1 aliphatic rings. The van der Waals surface area contributed by atoms with Gasteiger partial charge in [-0.15, -0.1) is 11.3 Å². The van der Waals surface area contributed by atoms with Crippen LogP contribution in [0, 0.1) is 0 Å². The summed E-state index contributed by atoms with van der Waals surface area (Å²) in [4.78, 5) is 0. The number of thiophene rings is 1. The van der Waals surface area contributed by atoms with Gasteiger partial charge in [0.05, 0.1) is 0 Å². The van der Waals surface area contributed by atoms with Crippen molar-refractivity contribution < 1.29 is 8.42 Å². The van der Waals surface area contributed by atoms with Crippen molar-refractivity contribution in [1.82, 2.24) is 4.31 Å². The molecule has 1 aromatic carbocycles. The number of hydrogen-bond donors (Lipinski definition) is 0. The molecule has 0 N–H and O–H groups in total. The lowest BCUT2D eigenvalue weighted by molar-refractivity contribution is 0.320. The molecule has 5 heteroatoms. The fourth-order valence-electron chi connectivity index (χ4n) is 2.69. The lowest BCUT2D eigenvalue weighted by atomic mass is 9.90. The van der Waals surface area contributed by atoms with Crippen molar-refractivity contribution in [3.8, 4) is 0 Å². The summed E-state index contributed by atoms with van der Waals surface area (Å²) in [5.41, 5.74) is 1.32. The van der Waals surface area contributed by atoms with Crippen molar-refractivity contribution in [2.75, 3.05) is 13.1 Å². The topological polar surface area (TPSA) is 37.4 Å². The van der Waals surface area contributed by atoms with Gasteiger partial charge in [0.1, 0.15) is 4.21 Å². The van der Waals surface area contributed by atoms with Gasteiger partial charge in [-0.3, -0.25) is 0 Å². The van der Waals surface area contributed by atoms with Gasteiger partial charge in [0.25, 0.3) is 10.0 Å². The van der Waals surface area contributed by atoms with E-state index < -0.39 is 10.0 Å². The van der Waals surface area contributed by atoms with E-state index in [2.05, 4.69) is 12.1 Å². The molecule has 2 heterocycles. The van der Waals surface area contributed by atoms with Crippen LogP contribution in [0.4, 0.5) is 0 Å². The lowest BCUT2D eigenvalue weighted by Gasteiger charge is -2.31. The van der Waals surface area contributed by atoms with Crippen molar-refractivity contribution in [1.29, 1.82) is 0 Å². The molecule has 2 aromatic rings. The minimum Gasteiger partial charge on any atom is -0.206 e. The van der Waals surface area contributed by atoms with E-state index in [0.29, 0.717) is 23.2 Å². The molecular formula is C15H17NO2S2. The van der Waals surface area contributed by atoms with Crippen LogP contribution < -0.4 is 0 Å². The highest BCUT2D eigenvalue weighted by molar-refractivity contribution is 7.91. The van der Waals surface area contributed by atoms with E-state index in [4.69, 9.17) is 0 Å². The normalized spacial score (nSPS) is 18.2. The molecule has 0 spiro atoms. The third kappa shape index (κ3) is 2.66. The van der Waals surface area contributed by atoms with Crippen LogP contribution in [-0.4, -0.2) is 25.8 Å². The standard InChI is InChI=1S/C15H17NO2S2/c17-20(18,15-7-4-12-19-15)16-10-8-14(9-11-16)13-5-2-1-3-6-13/h1-7,12,14H,8-11H2. The summed E-state index contributed by atoms with van der Waals surface area (Å²) in [6.45, 7) is 1.22. The highest BCUT2D eigenvalue weighted by atomic mass is 32.2. The number of piperidine rings is 1. The second-order valence-electron chi connectivity index (χ2n) is 5.02. The van der Waals surface area contributed by atoms with E-state index in [9.17, 15) is 8.42 Å². The number of benzene rings is 1. The van der Waals surface area contributed by atoms with Gasteiger partial charge in [-0.05, 0) is 35.8 Å². The summed E-state index contributed by atoms with van der Waals surface area (Å²) in [5.74, 6) is 0.478. The molecule has 1 aromatic heterocycles. The predicted octanol–water partition coefficient (Wildman–Crippen LogP) is 3.32. The fraction of sp³-hybridized carbons (Fsp3) is 0.333. The first-order chi connectivity index (χ1) is 9.68. The van der Waals surface area contributed by atoms with Crippen LogP contribution in [0.1, 0.15) is 24.3 Å². The number of rotatable bonds is 3. The van der Waals surface area contributed by atoms with Gasteiger partial charge in [-0.25, -0.2) is 8.42 Å². The van der Waals surface area contributed by atoms with E-state index in [1.807, 2.05) is 23.6 Å². The van der Waals surface area contributed by atoms with Crippen LogP contribution in [0.15, 0.2) is 52.1 Å². The molecule has 106 valence electrons. The van der Waals surface area contributed by atoms with Crippen LogP contribution in [0.2, 0.25) is 0 Å². The van der Waals surface area contributed by atoms with Crippen LogP contribution in [0.3, 0.4) is 0 Å². The Morgan fingerprint density at radius 2 is 1.70 bits per heavy atom. The highest BCUT2D eigenvalue weighted by Crippen LogP contribution is 2.31. The van der Waals surface area contributed by atoms with Crippen LogP contribution >= 0.6 is 11.3 Å². The zero-order chi connectivity index (χ0) is 14.0. The Balaban J connectivity index is 1.70. The molecule has 1 saturated heterocycles. The van der Waals surface area contributed by atoms with Crippen LogP contribution in [0.25, 0.3) is 0 Å². The summed E-state index contributed by atoms with van der Waals surface area (Å²) < 4.78 is 26.9. The molecule has 3 nitrogen and oxygen atoms in total. The molecule has 0 aliphatic carbocycles. The SMILES string of the molecule is O=S(=O)(c1cccs1)N1CCC(c2ccccc2)CC1. The van der Waals surface area contributed by atoms with Gasteiger partial charge in [-0.2, -0.15) is 4.31 Å². The Bertz CT molecular complexity index is 642. The molecule has 1 fully saturated rings. The Kier molecular flexibility index (Phi) is 3.92. The van der Waals surface area contributed by atoms with Gasteiger partial charge < -0.3 is 0 Å². The molecule has 20 heavy (non-hydrogen) atoms. The van der Waals surface area contributed by atoms with Gasteiger partial charge in [0, 0.05) is 13.1 Å². The zero-order valence-corrected chi connectivity index (χ0v) is 12.7. The molecule has 0 radical (unpaired) electrons.